The van der Waals surface area contributed by atoms with Crippen molar-refractivity contribution in [1.29, 1.82) is 0 Å². The van der Waals surface area contributed by atoms with Gasteiger partial charge in [0, 0.05) is 17.7 Å². The lowest BCUT2D eigenvalue weighted by molar-refractivity contribution is 0.0468. The van der Waals surface area contributed by atoms with E-state index in [-0.39, 0.29) is 0 Å². The Bertz CT molecular complexity index is 655. The molecule has 0 amide bonds. The fourth-order valence-electron chi connectivity index (χ4n) is 1.72. The van der Waals surface area contributed by atoms with E-state index in [0.717, 1.165) is 12.1 Å². The standard InChI is InChI=1S/C15H12O6/c16-10-6-11(17)14(12(18)7-10)15(20)21-8-13(19)9-4-2-1-3-5-9/h1-7,16-18H,8H2. The third-order valence-corrected chi connectivity index (χ3v) is 2.72. The highest BCUT2D eigenvalue weighted by Gasteiger charge is 2.20. The molecule has 0 aromatic heterocycles. The number of aromatic hydroxyl groups is 3. The van der Waals surface area contributed by atoms with Crippen molar-refractivity contribution >= 4 is 11.8 Å². The first-order chi connectivity index (χ1) is 9.99. The molecule has 2 aromatic carbocycles. The Morgan fingerprint density at radius 3 is 2.10 bits per heavy atom. The molecule has 0 fully saturated rings. The summed E-state index contributed by atoms with van der Waals surface area (Å²) in [5.41, 5.74) is -0.127. The minimum atomic E-state index is -1.06. The van der Waals surface area contributed by atoms with Gasteiger partial charge < -0.3 is 20.1 Å². The Balaban J connectivity index is 2.08. The molecule has 2 rings (SSSR count). The van der Waals surface area contributed by atoms with Crippen LogP contribution >= 0.6 is 0 Å². The van der Waals surface area contributed by atoms with E-state index >= 15 is 0 Å². The van der Waals surface area contributed by atoms with Crippen LogP contribution in [0, 0.1) is 0 Å². The van der Waals surface area contributed by atoms with Crippen LogP contribution in [0.2, 0.25) is 0 Å². The average molecular weight is 288 g/mol. The van der Waals surface area contributed by atoms with Gasteiger partial charge in [0.2, 0.25) is 0 Å². The maximum absolute atomic E-state index is 11.8. The molecule has 0 saturated heterocycles. The molecule has 6 nitrogen and oxygen atoms in total. The number of phenolic OH excluding ortho intramolecular Hbond substituents is 3. The third-order valence-electron chi connectivity index (χ3n) is 2.72. The Labute approximate surface area is 119 Å². The average Bonchev–Trinajstić information content (AvgIpc) is 2.44. The summed E-state index contributed by atoms with van der Waals surface area (Å²) in [5.74, 6) is -3.15. The zero-order valence-electron chi connectivity index (χ0n) is 10.8. The maximum Gasteiger partial charge on any atom is 0.346 e. The number of carbonyl (C=O) groups is 2. The molecule has 0 bridgehead atoms. The van der Waals surface area contributed by atoms with Crippen molar-refractivity contribution in [2.45, 2.75) is 0 Å². The van der Waals surface area contributed by atoms with Crippen molar-refractivity contribution in [3.05, 3.63) is 53.6 Å². The SMILES string of the molecule is O=C(COC(=O)c1c(O)cc(O)cc1O)c1ccccc1. The molecule has 2 aromatic rings. The van der Waals surface area contributed by atoms with Gasteiger partial charge in [-0.2, -0.15) is 0 Å². The molecule has 0 heterocycles. The molecule has 0 saturated carbocycles. The summed E-state index contributed by atoms with van der Waals surface area (Å²) in [4.78, 5) is 23.5. The molecule has 0 spiro atoms. The number of phenols is 3. The summed E-state index contributed by atoms with van der Waals surface area (Å²) < 4.78 is 4.76. The number of ether oxygens (including phenoxy) is 1. The van der Waals surface area contributed by atoms with Crippen molar-refractivity contribution in [1.82, 2.24) is 0 Å². The number of hydrogen-bond acceptors (Lipinski definition) is 6. The monoisotopic (exact) mass is 288 g/mol. The first-order valence-corrected chi connectivity index (χ1v) is 5.99. The molecule has 21 heavy (non-hydrogen) atoms. The first-order valence-electron chi connectivity index (χ1n) is 5.99. The smallest absolute Gasteiger partial charge is 0.346 e. The molecule has 0 aliphatic rings. The number of hydrogen-bond donors (Lipinski definition) is 3. The van der Waals surface area contributed by atoms with E-state index in [0.29, 0.717) is 5.56 Å². The zero-order valence-corrected chi connectivity index (χ0v) is 10.8. The highest BCUT2D eigenvalue weighted by atomic mass is 16.5. The molecule has 108 valence electrons. The number of rotatable bonds is 4. The lowest BCUT2D eigenvalue weighted by Crippen LogP contribution is -2.14. The van der Waals surface area contributed by atoms with Crippen molar-refractivity contribution in [2.75, 3.05) is 6.61 Å². The molecule has 0 aliphatic carbocycles. The largest absolute Gasteiger partial charge is 0.508 e. The van der Waals surface area contributed by atoms with Gasteiger partial charge in [-0.25, -0.2) is 4.79 Å². The number of ketones is 1. The quantitative estimate of drug-likeness (QED) is 0.586. The number of benzene rings is 2. The summed E-state index contributed by atoms with van der Waals surface area (Å²) in [5, 5.41) is 28.2. The van der Waals surface area contributed by atoms with Crippen LogP contribution in [0.15, 0.2) is 42.5 Å². The maximum atomic E-state index is 11.8. The topological polar surface area (TPSA) is 104 Å². The van der Waals surface area contributed by atoms with E-state index in [9.17, 15) is 19.8 Å². The fraction of sp³-hybridized carbons (Fsp3) is 0.0667. The lowest BCUT2D eigenvalue weighted by Gasteiger charge is -2.08. The minimum absolute atomic E-state index is 0.379. The van der Waals surface area contributed by atoms with Crippen LogP contribution in [0.4, 0.5) is 0 Å². The molecule has 0 atom stereocenters. The van der Waals surface area contributed by atoms with Gasteiger partial charge in [-0.1, -0.05) is 30.3 Å². The molecule has 6 heteroatoms. The Morgan fingerprint density at radius 1 is 0.952 bits per heavy atom. The predicted molar refractivity (Wildman–Crippen MR) is 72.5 cm³/mol. The van der Waals surface area contributed by atoms with Crippen LogP contribution in [-0.4, -0.2) is 33.7 Å². The van der Waals surface area contributed by atoms with Gasteiger partial charge in [0.1, 0.15) is 22.8 Å². The molecule has 3 N–H and O–H groups in total. The summed E-state index contributed by atoms with van der Waals surface area (Å²) in [6.07, 6.45) is 0. The van der Waals surface area contributed by atoms with Gasteiger partial charge in [-0.05, 0) is 0 Å². The highest BCUT2D eigenvalue weighted by Crippen LogP contribution is 2.32. The van der Waals surface area contributed by atoms with Gasteiger partial charge in [-0.15, -0.1) is 0 Å². The van der Waals surface area contributed by atoms with E-state index in [1.807, 2.05) is 0 Å². The molecule has 0 unspecified atom stereocenters. The van der Waals surface area contributed by atoms with Crippen LogP contribution in [0.25, 0.3) is 0 Å². The number of Topliss-reactive ketones (excluding diaryl/α,β-unsaturated/α-hetero) is 1. The normalized spacial score (nSPS) is 10.1. The Hall–Kier alpha value is -3.02. The van der Waals surface area contributed by atoms with E-state index in [1.165, 1.54) is 0 Å². The van der Waals surface area contributed by atoms with E-state index in [1.54, 1.807) is 30.3 Å². The first kappa shape index (κ1) is 14.4. The Kier molecular flexibility index (Phi) is 4.08. The van der Waals surface area contributed by atoms with Gasteiger partial charge >= 0.3 is 5.97 Å². The van der Waals surface area contributed by atoms with Gasteiger partial charge in [0.05, 0.1) is 0 Å². The fourth-order valence-corrected chi connectivity index (χ4v) is 1.72. The second kappa shape index (κ2) is 5.96. The van der Waals surface area contributed by atoms with Crippen LogP contribution in [0.1, 0.15) is 20.7 Å². The number of esters is 1. The van der Waals surface area contributed by atoms with Crippen LogP contribution in [-0.2, 0) is 4.74 Å². The van der Waals surface area contributed by atoms with Crippen molar-refractivity contribution < 1.29 is 29.6 Å². The third kappa shape index (κ3) is 3.30. The molecular formula is C15H12O6. The second-order valence-electron chi connectivity index (χ2n) is 4.22. The molecular weight excluding hydrogens is 276 g/mol. The number of carbonyl (C=O) groups excluding carboxylic acids is 2. The molecule has 0 aliphatic heterocycles. The summed E-state index contributed by atoms with van der Waals surface area (Å²) in [6.45, 7) is -0.525. The van der Waals surface area contributed by atoms with Crippen molar-refractivity contribution in [2.24, 2.45) is 0 Å². The van der Waals surface area contributed by atoms with Gasteiger partial charge in [0.15, 0.2) is 12.4 Å². The Morgan fingerprint density at radius 2 is 1.52 bits per heavy atom. The van der Waals surface area contributed by atoms with Crippen molar-refractivity contribution in [3.63, 3.8) is 0 Å². The van der Waals surface area contributed by atoms with Crippen LogP contribution in [0.3, 0.4) is 0 Å². The zero-order chi connectivity index (χ0) is 15.4. The van der Waals surface area contributed by atoms with E-state index < -0.39 is 41.2 Å². The van der Waals surface area contributed by atoms with Crippen LogP contribution < -0.4 is 0 Å². The predicted octanol–water partition coefficient (Wildman–Crippen LogP) is 1.84. The minimum Gasteiger partial charge on any atom is -0.508 e. The van der Waals surface area contributed by atoms with E-state index in [2.05, 4.69) is 0 Å². The van der Waals surface area contributed by atoms with Gasteiger partial charge in [0.25, 0.3) is 0 Å². The lowest BCUT2D eigenvalue weighted by atomic mass is 10.1. The van der Waals surface area contributed by atoms with Gasteiger partial charge in [-0.3, -0.25) is 4.79 Å². The van der Waals surface area contributed by atoms with Crippen LogP contribution in [0.5, 0.6) is 17.2 Å². The van der Waals surface area contributed by atoms with Crippen molar-refractivity contribution in [3.8, 4) is 17.2 Å². The summed E-state index contributed by atoms with van der Waals surface area (Å²) in [6, 6.07) is 10.0. The van der Waals surface area contributed by atoms with E-state index in [4.69, 9.17) is 9.84 Å². The second-order valence-corrected chi connectivity index (χ2v) is 4.22. The summed E-state index contributed by atoms with van der Waals surface area (Å²) >= 11 is 0. The molecule has 0 radical (unpaired) electrons. The summed E-state index contributed by atoms with van der Waals surface area (Å²) in [7, 11) is 0. The highest BCUT2D eigenvalue weighted by molar-refractivity contribution is 6.00.